The maximum absolute atomic E-state index is 12.0. The molecule has 110 valence electrons. The van der Waals surface area contributed by atoms with Gasteiger partial charge >= 0.3 is 0 Å². The monoisotopic (exact) mass is 303 g/mol. The number of hydrogen-bond donors (Lipinski definition) is 1. The van der Waals surface area contributed by atoms with E-state index in [1.165, 1.54) is 0 Å². The highest BCUT2D eigenvalue weighted by molar-refractivity contribution is 6.33. The molecule has 0 saturated heterocycles. The quantitative estimate of drug-likeness (QED) is 0.874. The minimum Gasteiger partial charge on any atom is -0.494 e. The number of ether oxygens (including phenoxy) is 1. The van der Waals surface area contributed by atoms with Crippen molar-refractivity contribution >= 4 is 17.5 Å². The summed E-state index contributed by atoms with van der Waals surface area (Å²) in [5.74, 6) is 0.671. The lowest BCUT2D eigenvalue weighted by Gasteiger charge is -2.08. The second-order valence-corrected chi connectivity index (χ2v) is 5.06. The minimum absolute atomic E-state index is 0.174. The first-order valence-corrected chi connectivity index (χ1v) is 7.33. The molecule has 4 heteroatoms. The van der Waals surface area contributed by atoms with E-state index in [1.54, 1.807) is 24.3 Å². The number of nitrogens with one attached hydrogen (secondary N) is 1. The van der Waals surface area contributed by atoms with Gasteiger partial charge in [-0.1, -0.05) is 42.8 Å². The van der Waals surface area contributed by atoms with Crippen LogP contribution in [0.15, 0.2) is 48.5 Å². The first kappa shape index (κ1) is 15.4. The summed E-state index contributed by atoms with van der Waals surface area (Å²) in [6.07, 6.45) is 0.982. The van der Waals surface area contributed by atoms with Crippen LogP contribution in [0.3, 0.4) is 0 Å². The van der Waals surface area contributed by atoms with Gasteiger partial charge in [-0.3, -0.25) is 4.79 Å². The number of hydrogen-bond acceptors (Lipinski definition) is 2. The van der Waals surface area contributed by atoms with Crippen molar-refractivity contribution in [3.05, 3.63) is 64.7 Å². The summed E-state index contributed by atoms with van der Waals surface area (Å²) in [5.41, 5.74) is 1.50. The third kappa shape index (κ3) is 4.50. The van der Waals surface area contributed by atoms with Crippen molar-refractivity contribution in [3.63, 3.8) is 0 Å². The van der Waals surface area contributed by atoms with Gasteiger partial charge in [-0.15, -0.1) is 0 Å². The van der Waals surface area contributed by atoms with Crippen LogP contribution in [-0.2, 0) is 6.54 Å². The summed E-state index contributed by atoms with van der Waals surface area (Å²) < 4.78 is 5.52. The summed E-state index contributed by atoms with van der Waals surface area (Å²) in [6.45, 7) is 3.24. The van der Waals surface area contributed by atoms with Crippen LogP contribution in [0, 0.1) is 0 Å². The van der Waals surface area contributed by atoms with Gasteiger partial charge in [0.25, 0.3) is 5.91 Å². The van der Waals surface area contributed by atoms with E-state index >= 15 is 0 Å². The number of benzene rings is 2. The van der Waals surface area contributed by atoms with Gasteiger partial charge in [0.15, 0.2) is 0 Å². The molecule has 1 N–H and O–H groups in total. The zero-order valence-electron chi connectivity index (χ0n) is 11.9. The van der Waals surface area contributed by atoms with Gasteiger partial charge < -0.3 is 10.1 Å². The molecule has 0 aliphatic carbocycles. The zero-order chi connectivity index (χ0) is 15.1. The molecule has 2 aromatic rings. The maximum atomic E-state index is 12.0. The smallest absolute Gasteiger partial charge is 0.253 e. The van der Waals surface area contributed by atoms with E-state index in [0.717, 1.165) is 17.7 Å². The third-order valence-electron chi connectivity index (χ3n) is 2.97. The van der Waals surface area contributed by atoms with E-state index in [4.69, 9.17) is 16.3 Å². The topological polar surface area (TPSA) is 38.3 Å². The Balaban J connectivity index is 1.91. The Hall–Kier alpha value is -2.00. The first-order chi connectivity index (χ1) is 10.2. The molecule has 0 radical (unpaired) electrons. The van der Waals surface area contributed by atoms with Crippen molar-refractivity contribution < 1.29 is 9.53 Å². The average Bonchev–Trinajstić information content (AvgIpc) is 2.52. The SMILES string of the molecule is CCCOc1ccc(CNC(=O)c2ccccc2Cl)cc1. The Bertz CT molecular complexity index is 596. The molecule has 2 aromatic carbocycles. The average molecular weight is 304 g/mol. The van der Waals surface area contributed by atoms with E-state index in [1.807, 2.05) is 24.3 Å². The van der Waals surface area contributed by atoms with E-state index in [9.17, 15) is 4.79 Å². The number of carbonyl (C=O) groups is 1. The molecule has 0 spiro atoms. The molecule has 1 amide bonds. The fourth-order valence-electron chi connectivity index (χ4n) is 1.85. The molecule has 0 saturated carbocycles. The first-order valence-electron chi connectivity index (χ1n) is 6.95. The van der Waals surface area contributed by atoms with E-state index in [0.29, 0.717) is 23.7 Å². The van der Waals surface area contributed by atoms with Gasteiger partial charge in [-0.2, -0.15) is 0 Å². The second kappa shape index (κ2) is 7.70. The largest absolute Gasteiger partial charge is 0.494 e. The highest BCUT2D eigenvalue weighted by Gasteiger charge is 2.08. The molecule has 3 nitrogen and oxygen atoms in total. The molecule has 2 rings (SSSR count). The van der Waals surface area contributed by atoms with Crippen molar-refractivity contribution in [3.8, 4) is 5.75 Å². The molecule has 0 fully saturated rings. The molecule has 0 atom stereocenters. The third-order valence-corrected chi connectivity index (χ3v) is 3.30. The maximum Gasteiger partial charge on any atom is 0.253 e. The molecule has 0 aliphatic rings. The van der Waals surface area contributed by atoms with Crippen LogP contribution in [0.25, 0.3) is 0 Å². The van der Waals surface area contributed by atoms with Crippen molar-refractivity contribution in [1.82, 2.24) is 5.32 Å². The van der Waals surface area contributed by atoms with Crippen LogP contribution in [0.1, 0.15) is 29.3 Å². The van der Waals surface area contributed by atoms with Crippen molar-refractivity contribution in [1.29, 1.82) is 0 Å². The molecule has 0 unspecified atom stereocenters. The van der Waals surface area contributed by atoms with Crippen LogP contribution in [-0.4, -0.2) is 12.5 Å². The summed E-state index contributed by atoms with van der Waals surface area (Å²) in [7, 11) is 0. The lowest BCUT2D eigenvalue weighted by atomic mass is 10.2. The number of rotatable bonds is 6. The van der Waals surface area contributed by atoms with Gasteiger partial charge in [-0.25, -0.2) is 0 Å². The Morgan fingerprint density at radius 3 is 2.52 bits per heavy atom. The molecule has 0 bridgehead atoms. The standard InChI is InChI=1S/C17H18ClNO2/c1-2-11-21-14-9-7-13(8-10-14)12-19-17(20)15-5-3-4-6-16(15)18/h3-10H,2,11-12H2,1H3,(H,19,20). The molecule has 0 aromatic heterocycles. The Kier molecular flexibility index (Phi) is 5.64. The fraction of sp³-hybridized carbons (Fsp3) is 0.235. The molecule has 0 aliphatic heterocycles. The van der Waals surface area contributed by atoms with Crippen LogP contribution in [0.4, 0.5) is 0 Å². The normalized spacial score (nSPS) is 10.2. The number of halogens is 1. The van der Waals surface area contributed by atoms with Gasteiger partial charge in [-0.05, 0) is 36.2 Å². The van der Waals surface area contributed by atoms with Gasteiger partial charge in [0.2, 0.25) is 0 Å². The summed E-state index contributed by atoms with van der Waals surface area (Å²) >= 11 is 5.99. The highest BCUT2D eigenvalue weighted by atomic mass is 35.5. The second-order valence-electron chi connectivity index (χ2n) is 4.65. The van der Waals surface area contributed by atoms with E-state index in [-0.39, 0.29) is 5.91 Å². The van der Waals surface area contributed by atoms with Crippen LogP contribution < -0.4 is 10.1 Å². The van der Waals surface area contributed by atoms with Gasteiger partial charge in [0.05, 0.1) is 17.2 Å². The van der Waals surface area contributed by atoms with Gasteiger partial charge in [0, 0.05) is 6.54 Å². The van der Waals surface area contributed by atoms with Gasteiger partial charge in [0.1, 0.15) is 5.75 Å². The number of carbonyl (C=O) groups excluding carboxylic acids is 1. The lowest BCUT2D eigenvalue weighted by Crippen LogP contribution is -2.23. The van der Waals surface area contributed by atoms with E-state index in [2.05, 4.69) is 12.2 Å². The van der Waals surface area contributed by atoms with Crippen LogP contribution >= 0.6 is 11.6 Å². The Morgan fingerprint density at radius 1 is 1.14 bits per heavy atom. The number of amides is 1. The lowest BCUT2D eigenvalue weighted by molar-refractivity contribution is 0.0951. The molecular formula is C17H18ClNO2. The Morgan fingerprint density at radius 2 is 1.86 bits per heavy atom. The predicted molar refractivity (Wildman–Crippen MR) is 84.9 cm³/mol. The zero-order valence-corrected chi connectivity index (χ0v) is 12.7. The van der Waals surface area contributed by atoms with Crippen LogP contribution in [0.5, 0.6) is 5.75 Å². The van der Waals surface area contributed by atoms with Crippen LogP contribution in [0.2, 0.25) is 5.02 Å². The van der Waals surface area contributed by atoms with Crippen molar-refractivity contribution in [2.24, 2.45) is 0 Å². The summed E-state index contributed by atoms with van der Waals surface area (Å²) in [6, 6.07) is 14.7. The minimum atomic E-state index is -0.174. The highest BCUT2D eigenvalue weighted by Crippen LogP contribution is 2.15. The predicted octanol–water partition coefficient (Wildman–Crippen LogP) is 4.06. The summed E-state index contributed by atoms with van der Waals surface area (Å²) in [4.78, 5) is 12.0. The van der Waals surface area contributed by atoms with E-state index < -0.39 is 0 Å². The molecule has 21 heavy (non-hydrogen) atoms. The molecular weight excluding hydrogens is 286 g/mol. The summed E-state index contributed by atoms with van der Waals surface area (Å²) in [5, 5.41) is 3.31. The molecule has 0 heterocycles. The fourth-order valence-corrected chi connectivity index (χ4v) is 2.07. The van der Waals surface area contributed by atoms with Crippen molar-refractivity contribution in [2.75, 3.05) is 6.61 Å². The Labute approximate surface area is 129 Å². The van der Waals surface area contributed by atoms with Crippen molar-refractivity contribution in [2.45, 2.75) is 19.9 Å².